The van der Waals surface area contributed by atoms with Gasteiger partial charge in [0.05, 0.1) is 30.5 Å². The van der Waals surface area contributed by atoms with E-state index in [0.29, 0.717) is 16.5 Å². The van der Waals surface area contributed by atoms with Gasteiger partial charge >= 0.3 is 0 Å². The molecule has 0 saturated carbocycles. The van der Waals surface area contributed by atoms with Gasteiger partial charge in [-0.2, -0.15) is 0 Å². The Hall–Kier alpha value is -2.94. The van der Waals surface area contributed by atoms with Crippen LogP contribution in [-0.2, 0) is 14.8 Å². The number of ether oxygens (including phenoxy) is 2. The van der Waals surface area contributed by atoms with Crippen LogP contribution in [0.1, 0.15) is 5.56 Å². The Bertz CT molecular complexity index is 1260. The van der Waals surface area contributed by atoms with E-state index in [0.717, 1.165) is 9.87 Å². The Balaban J connectivity index is 2.05. The molecule has 0 aliphatic rings. The lowest BCUT2D eigenvalue weighted by Gasteiger charge is -2.26. The fourth-order valence-electron chi connectivity index (χ4n) is 3.09. The summed E-state index contributed by atoms with van der Waals surface area (Å²) >= 11 is 12.2. The highest BCUT2D eigenvalue weighted by atomic mass is 35.5. The van der Waals surface area contributed by atoms with Gasteiger partial charge in [0.15, 0.2) is 0 Å². The third kappa shape index (κ3) is 5.71. The maximum absolute atomic E-state index is 13.6. The molecule has 0 heterocycles. The average Bonchev–Trinajstić information content (AvgIpc) is 2.78. The minimum atomic E-state index is -4.15. The number of hydrogen-bond acceptors (Lipinski definition) is 5. The van der Waals surface area contributed by atoms with Crippen molar-refractivity contribution < 1.29 is 22.7 Å². The third-order valence-electron chi connectivity index (χ3n) is 4.74. The molecule has 1 N–H and O–H groups in total. The van der Waals surface area contributed by atoms with Gasteiger partial charge in [-0.25, -0.2) is 8.42 Å². The Labute approximate surface area is 202 Å². The van der Waals surface area contributed by atoms with E-state index in [-0.39, 0.29) is 21.4 Å². The monoisotopic (exact) mass is 508 g/mol. The Kier molecular flexibility index (Phi) is 7.73. The van der Waals surface area contributed by atoms with Crippen LogP contribution in [0.4, 0.5) is 11.4 Å². The van der Waals surface area contributed by atoms with Crippen LogP contribution in [0.2, 0.25) is 10.0 Å². The molecule has 1 amide bonds. The average molecular weight is 509 g/mol. The number of rotatable bonds is 8. The minimum absolute atomic E-state index is 0.0169. The molecule has 0 bridgehead atoms. The molecule has 0 radical (unpaired) electrons. The van der Waals surface area contributed by atoms with Crippen molar-refractivity contribution in [1.82, 2.24) is 0 Å². The second-order valence-electron chi connectivity index (χ2n) is 7.03. The summed E-state index contributed by atoms with van der Waals surface area (Å²) in [4.78, 5) is 13.0. The van der Waals surface area contributed by atoms with Crippen molar-refractivity contribution in [2.75, 3.05) is 30.4 Å². The normalized spacial score (nSPS) is 11.1. The van der Waals surface area contributed by atoms with Gasteiger partial charge in [0.2, 0.25) is 5.91 Å². The molecule has 0 aliphatic carbocycles. The molecule has 0 aliphatic heterocycles. The molecule has 0 saturated heterocycles. The van der Waals surface area contributed by atoms with Gasteiger partial charge in [-0.1, -0.05) is 40.9 Å². The van der Waals surface area contributed by atoms with Gasteiger partial charge in [-0.15, -0.1) is 0 Å². The van der Waals surface area contributed by atoms with Crippen LogP contribution in [0.25, 0.3) is 0 Å². The van der Waals surface area contributed by atoms with E-state index in [9.17, 15) is 13.2 Å². The number of aryl methyl sites for hydroxylation is 1. The van der Waals surface area contributed by atoms with Crippen LogP contribution in [-0.4, -0.2) is 35.1 Å². The molecule has 0 unspecified atom stereocenters. The van der Waals surface area contributed by atoms with Gasteiger partial charge in [0.1, 0.15) is 18.0 Å². The topological polar surface area (TPSA) is 84.9 Å². The number of nitrogens with one attached hydrogen (secondary N) is 1. The van der Waals surface area contributed by atoms with E-state index in [1.54, 1.807) is 30.3 Å². The molecule has 7 nitrogen and oxygen atoms in total. The number of halogens is 2. The van der Waals surface area contributed by atoms with E-state index in [4.69, 9.17) is 32.7 Å². The lowest BCUT2D eigenvalue weighted by molar-refractivity contribution is -0.114. The summed E-state index contributed by atoms with van der Waals surface area (Å²) in [6.07, 6.45) is 0. The van der Waals surface area contributed by atoms with Crippen molar-refractivity contribution in [2.45, 2.75) is 11.8 Å². The standard InChI is InChI=1S/C23H22Cl2N2O5S/c1-15-4-8-18(9-5-15)33(29,30)27(20-13-17(25)7-11-22(20)32-3)14-23(28)26-19-12-16(24)6-10-21(19)31-2/h4-13H,14H2,1-3H3,(H,26,28). The lowest BCUT2D eigenvalue weighted by Crippen LogP contribution is -2.38. The van der Waals surface area contributed by atoms with Crippen molar-refractivity contribution in [3.05, 3.63) is 76.3 Å². The van der Waals surface area contributed by atoms with Gasteiger partial charge in [-0.3, -0.25) is 9.10 Å². The summed E-state index contributed by atoms with van der Waals surface area (Å²) in [7, 11) is -1.30. The van der Waals surface area contributed by atoms with Crippen molar-refractivity contribution in [3.63, 3.8) is 0 Å². The second-order valence-corrected chi connectivity index (χ2v) is 9.77. The summed E-state index contributed by atoms with van der Waals surface area (Å²) in [5.74, 6) is -0.00228. The number of methoxy groups -OCH3 is 2. The number of sulfonamides is 1. The molecule has 0 aromatic heterocycles. The molecule has 0 spiro atoms. The van der Waals surface area contributed by atoms with Crippen LogP contribution < -0.4 is 19.1 Å². The second kappa shape index (κ2) is 10.3. The van der Waals surface area contributed by atoms with Crippen LogP contribution in [0.3, 0.4) is 0 Å². The molecule has 33 heavy (non-hydrogen) atoms. The van der Waals surface area contributed by atoms with E-state index < -0.39 is 22.5 Å². The van der Waals surface area contributed by atoms with Gasteiger partial charge in [0, 0.05) is 10.0 Å². The number of hydrogen-bond donors (Lipinski definition) is 1. The molecule has 0 atom stereocenters. The fourth-order valence-corrected chi connectivity index (χ4v) is 4.85. The quantitative estimate of drug-likeness (QED) is 0.454. The largest absolute Gasteiger partial charge is 0.495 e. The lowest BCUT2D eigenvalue weighted by atomic mass is 10.2. The first-order valence-corrected chi connectivity index (χ1v) is 11.9. The van der Waals surface area contributed by atoms with Crippen molar-refractivity contribution in [1.29, 1.82) is 0 Å². The first-order valence-electron chi connectivity index (χ1n) is 9.72. The molecule has 174 valence electrons. The molecular formula is C23H22Cl2N2O5S. The zero-order valence-electron chi connectivity index (χ0n) is 18.1. The maximum Gasteiger partial charge on any atom is 0.264 e. The van der Waals surface area contributed by atoms with Crippen molar-refractivity contribution in [2.24, 2.45) is 0 Å². The number of nitrogens with zero attached hydrogens (tertiary/aromatic N) is 1. The van der Waals surface area contributed by atoms with E-state index in [2.05, 4.69) is 5.32 Å². The third-order valence-corrected chi connectivity index (χ3v) is 6.99. The Morgan fingerprint density at radius 2 is 1.48 bits per heavy atom. The smallest absolute Gasteiger partial charge is 0.264 e. The first kappa shape index (κ1) is 24.7. The zero-order valence-corrected chi connectivity index (χ0v) is 20.5. The maximum atomic E-state index is 13.6. The summed E-state index contributed by atoms with van der Waals surface area (Å²) < 4.78 is 38.7. The zero-order chi connectivity index (χ0) is 24.2. The number of amides is 1. The van der Waals surface area contributed by atoms with Crippen LogP contribution in [0, 0.1) is 6.92 Å². The highest BCUT2D eigenvalue weighted by Gasteiger charge is 2.30. The van der Waals surface area contributed by atoms with Crippen LogP contribution in [0.5, 0.6) is 11.5 Å². The van der Waals surface area contributed by atoms with Gasteiger partial charge in [0.25, 0.3) is 10.0 Å². The summed E-state index contributed by atoms with van der Waals surface area (Å²) in [5.41, 5.74) is 1.33. The molecule has 3 aromatic rings. The van der Waals surface area contributed by atoms with Crippen LogP contribution in [0.15, 0.2) is 65.6 Å². The Morgan fingerprint density at radius 3 is 2.09 bits per heavy atom. The fraction of sp³-hybridized carbons (Fsp3) is 0.174. The molecule has 3 aromatic carbocycles. The predicted molar refractivity (Wildman–Crippen MR) is 130 cm³/mol. The van der Waals surface area contributed by atoms with Crippen LogP contribution >= 0.6 is 23.2 Å². The van der Waals surface area contributed by atoms with Crippen molar-refractivity contribution in [3.8, 4) is 11.5 Å². The minimum Gasteiger partial charge on any atom is -0.495 e. The Morgan fingerprint density at radius 1 is 0.909 bits per heavy atom. The number of benzene rings is 3. The highest BCUT2D eigenvalue weighted by molar-refractivity contribution is 7.92. The van der Waals surface area contributed by atoms with E-state index >= 15 is 0 Å². The number of carbonyl (C=O) groups excluding carboxylic acids is 1. The van der Waals surface area contributed by atoms with E-state index in [1.807, 2.05) is 6.92 Å². The summed E-state index contributed by atoms with van der Waals surface area (Å²) in [6.45, 7) is 1.29. The SMILES string of the molecule is COc1ccc(Cl)cc1NC(=O)CN(c1cc(Cl)ccc1OC)S(=O)(=O)c1ccc(C)cc1. The van der Waals surface area contributed by atoms with Gasteiger partial charge in [-0.05, 0) is 55.5 Å². The van der Waals surface area contributed by atoms with Gasteiger partial charge < -0.3 is 14.8 Å². The number of carbonyl (C=O) groups is 1. The molecule has 10 heteroatoms. The molecular weight excluding hydrogens is 487 g/mol. The highest BCUT2D eigenvalue weighted by Crippen LogP contribution is 2.35. The molecule has 3 rings (SSSR count). The summed E-state index contributed by atoms with van der Waals surface area (Å²) in [6, 6.07) is 15.6. The molecule has 0 fully saturated rings. The van der Waals surface area contributed by atoms with Crippen molar-refractivity contribution >= 4 is 50.5 Å². The first-order chi connectivity index (χ1) is 15.6. The predicted octanol–water partition coefficient (Wildman–Crippen LogP) is 5.15. The number of anilines is 2. The summed E-state index contributed by atoms with van der Waals surface area (Å²) in [5, 5.41) is 3.32. The van der Waals surface area contributed by atoms with E-state index in [1.165, 1.54) is 44.6 Å².